The van der Waals surface area contributed by atoms with E-state index in [2.05, 4.69) is 15.2 Å². The Kier molecular flexibility index (Phi) is 10.5. The molecule has 2 rings (SSSR count). The first-order chi connectivity index (χ1) is 11.2. The largest absolute Gasteiger partial charge is 0.378 e. The Hall–Kier alpha value is -0.670. The van der Waals surface area contributed by atoms with E-state index in [-0.39, 0.29) is 24.0 Å². The summed E-state index contributed by atoms with van der Waals surface area (Å²) in [4.78, 5) is 7.47. The number of benzene rings is 1. The highest BCUT2D eigenvalue weighted by Gasteiger charge is 2.21. The van der Waals surface area contributed by atoms with Gasteiger partial charge < -0.3 is 15.0 Å². The highest BCUT2D eigenvalue weighted by molar-refractivity contribution is 14.0. The molecule has 1 saturated heterocycles. The molecule has 0 aromatic heterocycles. The second kappa shape index (κ2) is 11.8. The fourth-order valence-corrected chi connectivity index (χ4v) is 3.73. The number of guanidine groups is 1. The zero-order valence-electron chi connectivity index (χ0n) is 14.4. The molecule has 0 bridgehead atoms. The summed E-state index contributed by atoms with van der Waals surface area (Å²) < 4.78 is 17.9. The second-order valence-electron chi connectivity index (χ2n) is 5.48. The van der Waals surface area contributed by atoms with Gasteiger partial charge in [0.2, 0.25) is 0 Å². The molecule has 1 N–H and O–H groups in total. The van der Waals surface area contributed by atoms with Crippen LogP contribution in [0.15, 0.2) is 40.2 Å². The number of hydrogen-bond donors (Lipinski definition) is 1. The van der Waals surface area contributed by atoms with Gasteiger partial charge in [0.25, 0.3) is 0 Å². The van der Waals surface area contributed by atoms with Crippen LogP contribution < -0.4 is 5.32 Å². The summed E-state index contributed by atoms with van der Waals surface area (Å²) in [6.45, 7) is 5.38. The summed E-state index contributed by atoms with van der Waals surface area (Å²) in [5.41, 5.74) is 0. The number of ether oxygens (including phenoxy) is 1. The molecule has 1 aromatic rings. The summed E-state index contributed by atoms with van der Waals surface area (Å²) in [6.07, 6.45) is 2.44. The number of piperidine rings is 1. The van der Waals surface area contributed by atoms with Crippen molar-refractivity contribution in [3.05, 3.63) is 30.3 Å². The lowest BCUT2D eigenvalue weighted by molar-refractivity contribution is 0.0264. The molecule has 1 unspecified atom stereocenters. The zero-order valence-corrected chi connectivity index (χ0v) is 17.6. The van der Waals surface area contributed by atoms with Gasteiger partial charge in [-0.05, 0) is 31.9 Å². The quantitative estimate of drug-likeness (QED) is 0.399. The van der Waals surface area contributed by atoms with Crippen LogP contribution in [0.2, 0.25) is 0 Å². The van der Waals surface area contributed by atoms with Gasteiger partial charge in [-0.25, -0.2) is 0 Å². The molecule has 0 amide bonds. The zero-order chi connectivity index (χ0) is 16.5. The fraction of sp³-hybridized carbons (Fsp3) is 0.588. The van der Waals surface area contributed by atoms with Crippen molar-refractivity contribution < 1.29 is 8.95 Å². The van der Waals surface area contributed by atoms with Gasteiger partial charge in [-0.3, -0.25) is 9.20 Å². The van der Waals surface area contributed by atoms with Crippen LogP contribution >= 0.6 is 24.0 Å². The third-order valence-corrected chi connectivity index (χ3v) is 5.31. The molecule has 1 aliphatic heterocycles. The molecule has 136 valence electrons. The molecule has 1 fully saturated rings. The Bertz CT molecular complexity index is 520. The molecular formula is C17H28IN3O2S. The highest BCUT2D eigenvalue weighted by atomic mass is 127. The number of nitrogens with one attached hydrogen (secondary N) is 1. The van der Waals surface area contributed by atoms with Crippen LogP contribution in [0.4, 0.5) is 0 Å². The van der Waals surface area contributed by atoms with Crippen LogP contribution in [0, 0.1) is 0 Å². The fourth-order valence-electron chi connectivity index (χ4n) is 2.75. The normalized spacial score (nSPS) is 17.2. The predicted octanol–water partition coefficient (Wildman–Crippen LogP) is 2.49. The number of likely N-dealkylation sites (tertiary alicyclic amines) is 1. The molecular weight excluding hydrogens is 437 g/mol. The highest BCUT2D eigenvalue weighted by Crippen LogP contribution is 2.13. The van der Waals surface area contributed by atoms with Crippen molar-refractivity contribution in [3.8, 4) is 0 Å². The molecule has 0 aliphatic carbocycles. The first kappa shape index (κ1) is 21.4. The first-order valence-electron chi connectivity index (χ1n) is 8.25. The van der Waals surface area contributed by atoms with Crippen molar-refractivity contribution in [1.82, 2.24) is 10.2 Å². The molecule has 7 heteroatoms. The Balaban J connectivity index is 0.00000288. The number of aliphatic imine (C=N–C) groups is 1. The van der Waals surface area contributed by atoms with E-state index in [0.29, 0.717) is 18.4 Å². The lowest BCUT2D eigenvalue weighted by atomic mass is 10.1. The van der Waals surface area contributed by atoms with Crippen LogP contribution in [0.3, 0.4) is 0 Å². The van der Waals surface area contributed by atoms with Crippen molar-refractivity contribution in [2.75, 3.05) is 39.0 Å². The van der Waals surface area contributed by atoms with Crippen molar-refractivity contribution in [2.24, 2.45) is 4.99 Å². The molecule has 0 radical (unpaired) electrons. The minimum Gasteiger partial charge on any atom is -0.378 e. The van der Waals surface area contributed by atoms with Crippen molar-refractivity contribution in [2.45, 2.75) is 30.8 Å². The van der Waals surface area contributed by atoms with Gasteiger partial charge in [0, 0.05) is 43.9 Å². The first-order valence-corrected chi connectivity index (χ1v) is 9.57. The van der Waals surface area contributed by atoms with Gasteiger partial charge in [-0.2, -0.15) is 0 Å². The van der Waals surface area contributed by atoms with Crippen molar-refractivity contribution in [1.29, 1.82) is 0 Å². The number of rotatable bonds is 6. The third kappa shape index (κ3) is 6.68. The van der Waals surface area contributed by atoms with Gasteiger partial charge in [-0.1, -0.05) is 18.2 Å². The van der Waals surface area contributed by atoms with Gasteiger partial charge in [0.05, 0.1) is 16.9 Å². The van der Waals surface area contributed by atoms with Crippen LogP contribution in [0.25, 0.3) is 0 Å². The van der Waals surface area contributed by atoms with E-state index in [0.717, 1.165) is 43.4 Å². The monoisotopic (exact) mass is 465 g/mol. The lowest BCUT2D eigenvalue weighted by Gasteiger charge is -2.34. The maximum Gasteiger partial charge on any atom is 0.193 e. The van der Waals surface area contributed by atoms with Crippen molar-refractivity contribution >= 4 is 40.7 Å². The van der Waals surface area contributed by atoms with Gasteiger partial charge in [0.1, 0.15) is 0 Å². The lowest BCUT2D eigenvalue weighted by Crippen LogP contribution is -2.47. The maximum absolute atomic E-state index is 12.2. The molecule has 0 spiro atoms. The van der Waals surface area contributed by atoms with Gasteiger partial charge in [-0.15, -0.1) is 24.0 Å². The van der Waals surface area contributed by atoms with Crippen molar-refractivity contribution in [3.63, 3.8) is 0 Å². The smallest absolute Gasteiger partial charge is 0.193 e. The van der Waals surface area contributed by atoms with Crippen LogP contribution in [0.1, 0.15) is 19.8 Å². The van der Waals surface area contributed by atoms with E-state index in [1.54, 1.807) is 7.05 Å². The maximum atomic E-state index is 12.2. The van der Waals surface area contributed by atoms with E-state index in [9.17, 15) is 4.21 Å². The summed E-state index contributed by atoms with van der Waals surface area (Å²) in [5, 5.41) is 3.33. The average Bonchev–Trinajstić information content (AvgIpc) is 2.60. The number of hydrogen-bond acceptors (Lipinski definition) is 3. The van der Waals surface area contributed by atoms with E-state index in [1.807, 2.05) is 37.3 Å². The number of nitrogens with zero attached hydrogens (tertiary/aromatic N) is 2. The summed E-state index contributed by atoms with van der Waals surface area (Å²) in [7, 11) is 0.826. The molecule has 1 aromatic carbocycles. The molecule has 1 atom stereocenters. The molecule has 5 nitrogen and oxygen atoms in total. The topological polar surface area (TPSA) is 53.9 Å². The Morgan fingerprint density at radius 2 is 2.00 bits per heavy atom. The Labute approximate surface area is 164 Å². The van der Waals surface area contributed by atoms with Gasteiger partial charge in [0.15, 0.2) is 5.96 Å². The van der Waals surface area contributed by atoms with E-state index < -0.39 is 10.8 Å². The second-order valence-corrected chi connectivity index (χ2v) is 7.05. The average molecular weight is 465 g/mol. The molecule has 24 heavy (non-hydrogen) atoms. The number of halogens is 1. The minimum atomic E-state index is -0.971. The Morgan fingerprint density at radius 3 is 2.58 bits per heavy atom. The summed E-state index contributed by atoms with van der Waals surface area (Å²) in [5.74, 6) is 1.48. The van der Waals surface area contributed by atoms with Crippen LogP contribution in [-0.4, -0.2) is 60.2 Å². The van der Waals surface area contributed by atoms with Crippen LogP contribution in [0.5, 0.6) is 0 Å². The molecule has 1 heterocycles. The van der Waals surface area contributed by atoms with E-state index in [1.165, 1.54) is 0 Å². The van der Waals surface area contributed by atoms with E-state index >= 15 is 0 Å². The van der Waals surface area contributed by atoms with E-state index in [4.69, 9.17) is 4.74 Å². The summed E-state index contributed by atoms with van der Waals surface area (Å²) in [6, 6.07) is 9.59. The predicted molar refractivity (Wildman–Crippen MR) is 111 cm³/mol. The standard InChI is InChI=1S/C17H27N3O2S.HI/c1-3-22-15-9-12-20(13-10-15)17(18-2)19-11-14-23(21)16-7-5-4-6-8-16;/h4-8,15H,3,9-14H2,1-2H3,(H,18,19);1H. The Morgan fingerprint density at radius 1 is 1.33 bits per heavy atom. The van der Waals surface area contributed by atoms with Gasteiger partial charge >= 0.3 is 0 Å². The third-order valence-electron chi connectivity index (χ3n) is 3.93. The SMILES string of the molecule is CCOC1CCN(C(=NC)NCCS(=O)c2ccccc2)CC1.I. The molecule has 0 saturated carbocycles. The minimum absolute atomic E-state index is 0. The summed E-state index contributed by atoms with van der Waals surface area (Å²) >= 11 is 0. The van der Waals surface area contributed by atoms with Crippen LogP contribution in [-0.2, 0) is 15.5 Å². The molecule has 1 aliphatic rings.